The van der Waals surface area contributed by atoms with Crippen molar-refractivity contribution >= 4 is 5.91 Å². The summed E-state index contributed by atoms with van der Waals surface area (Å²) in [6, 6.07) is 4.42. The van der Waals surface area contributed by atoms with Gasteiger partial charge in [-0.3, -0.25) is 4.79 Å². The van der Waals surface area contributed by atoms with Crippen molar-refractivity contribution in [3.63, 3.8) is 0 Å². The van der Waals surface area contributed by atoms with Crippen LogP contribution in [0, 0.1) is 0 Å². The summed E-state index contributed by atoms with van der Waals surface area (Å²) in [6.45, 7) is 5.15. The number of nitrogens with one attached hydrogen (secondary N) is 2. The molecular formula is C14H22N2O3. The lowest BCUT2D eigenvalue weighted by atomic mass is 10.1. The molecule has 1 aromatic carbocycles. The highest BCUT2D eigenvalue weighted by molar-refractivity contribution is 5.75. The van der Waals surface area contributed by atoms with Gasteiger partial charge in [0.05, 0.1) is 0 Å². The van der Waals surface area contributed by atoms with Crippen LogP contribution in [0.1, 0.15) is 38.3 Å². The van der Waals surface area contributed by atoms with Crippen LogP contribution in [0.25, 0.3) is 0 Å². The lowest BCUT2D eigenvalue weighted by molar-refractivity contribution is -0.121. The second-order valence-corrected chi connectivity index (χ2v) is 4.52. The zero-order valence-corrected chi connectivity index (χ0v) is 11.4. The molecule has 1 rings (SSSR count). The van der Waals surface area contributed by atoms with E-state index in [0.29, 0.717) is 25.1 Å². The Hall–Kier alpha value is -1.75. The van der Waals surface area contributed by atoms with Gasteiger partial charge in [-0.05, 0) is 19.4 Å². The average Bonchev–Trinajstić information content (AvgIpc) is 2.36. The van der Waals surface area contributed by atoms with Gasteiger partial charge in [0.1, 0.15) is 11.5 Å². The van der Waals surface area contributed by atoms with Crippen molar-refractivity contribution in [2.24, 2.45) is 0 Å². The van der Waals surface area contributed by atoms with Gasteiger partial charge in [0.2, 0.25) is 5.91 Å². The quantitative estimate of drug-likeness (QED) is 0.605. The number of amides is 1. The molecule has 0 saturated carbocycles. The second kappa shape index (κ2) is 7.63. The van der Waals surface area contributed by atoms with Gasteiger partial charge in [-0.1, -0.05) is 13.0 Å². The van der Waals surface area contributed by atoms with Gasteiger partial charge in [-0.25, -0.2) is 0 Å². The first-order valence-corrected chi connectivity index (χ1v) is 6.56. The summed E-state index contributed by atoms with van der Waals surface area (Å²) in [6.07, 6.45) is 1.33. The molecule has 5 heteroatoms. The zero-order chi connectivity index (χ0) is 14.3. The molecule has 0 radical (unpaired) electrons. The van der Waals surface area contributed by atoms with Gasteiger partial charge in [0, 0.05) is 37.2 Å². The van der Waals surface area contributed by atoms with E-state index in [0.717, 1.165) is 6.42 Å². The number of carbonyl (C=O) groups is 1. The van der Waals surface area contributed by atoms with Gasteiger partial charge >= 0.3 is 0 Å². The number of rotatable bonds is 7. The normalized spacial score (nSPS) is 12.1. The predicted molar refractivity (Wildman–Crippen MR) is 74.1 cm³/mol. The molecule has 4 N–H and O–H groups in total. The summed E-state index contributed by atoms with van der Waals surface area (Å²) in [5.41, 5.74) is 0.701. The van der Waals surface area contributed by atoms with Crippen LogP contribution in [-0.4, -0.2) is 29.2 Å². The van der Waals surface area contributed by atoms with Crippen molar-refractivity contribution in [3.8, 4) is 11.5 Å². The summed E-state index contributed by atoms with van der Waals surface area (Å²) in [4.78, 5) is 11.4. The summed E-state index contributed by atoms with van der Waals surface area (Å²) in [7, 11) is 0. The summed E-state index contributed by atoms with van der Waals surface area (Å²) < 4.78 is 0. The third-order valence-corrected chi connectivity index (χ3v) is 2.86. The molecule has 0 saturated heterocycles. The Labute approximate surface area is 113 Å². The van der Waals surface area contributed by atoms with E-state index >= 15 is 0 Å². The minimum Gasteiger partial charge on any atom is -0.508 e. The highest BCUT2D eigenvalue weighted by atomic mass is 16.3. The Morgan fingerprint density at radius 1 is 1.32 bits per heavy atom. The van der Waals surface area contributed by atoms with E-state index < -0.39 is 0 Å². The van der Waals surface area contributed by atoms with E-state index in [4.69, 9.17) is 0 Å². The number of phenols is 2. The molecule has 0 aliphatic carbocycles. The molecule has 5 nitrogen and oxygen atoms in total. The van der Waals surface area contributed by atoms with E-state index in [-0.39, 0.29) is 23.4 Å². The lowest BCUT2D eigenvalue weighted by Crippen LogP contribution is -2.29. The van der Waals surface area contributed by atoms with Crippen molar-refractivity contribution in [1.29, 1.82) is 0 Å². The summed E-state index contributed by atoms with van der Waals surface area (Å²) >= 11 is 0. The maximum Gasteiger partial charge on any atom is 0.221 e. The standard InChI is InChI=1S/C14H22N2O3/c1-3-7-16-14(19)6-8-15-10(2)12-5-4-11(17)9-13(12)18/h4-5,9-10,15,17-18H,3,6-8H2,1-2H3,(H,16,19). The molecule has 0 aliphatic rings. The van der Waals surface area contributed by atoms with Crippen LogP contribution in [0.4, 0.5) is 0 Å². The van der Waals surface area contributed by atoms with Gasteiger partial charge in [0.25, 0.3) is 0 Å². The Kier molecular flexibility index (Phi) is 6.15. The van der Waals surface area contributed by atoms with Gasteiger partial charge in [-0.15, -0.1) is 0 Å². The molecule has 106 valence electrons. The third kappa shape index (κ3) is 5.18. The fraction of sp³-hybridized carbons (Fsp3) is 0.500. The second-order valence-electron chi connectivity index (χ2n) is 4.52. The molecule has 0 bridgehead atoms. The maximum atomic E-state index is 11.4. The Balaban J connectivity index is 2.38. The molecule has 19 heavy (non-hydrogen) atoms. The molecular weight excluding hydrogens is 244 g/mol. The predicted octanol–water partition coefficient (Wildman–Crippen LogP) is 1.66. The van der Waals surface area contributed by atoms with E-state index in [1.807, 2.05) is 13.8 Å². The van der Waals surface area contributed by atoms with Gasteiger partial charge < -0.3 is 20.8 Å². The lowest BCUT2D eigenvalue weighted by Gasteiger charge is -2.15. The minimum atomic E-state index is -0.0837. The molecule has 1 atom stereocenters. The number of hydrogen-bond acceptors (Lipinski definition) is 4. The van der Waals surface area contributed by atoms with Crippen molar-refractivity contribution in [2.45, 2.75) is 32.7 Å². The molecule has 0 spiro atoms. The van der Waals surface area contributed by atoms with Crippen molar-refractivity contribution < 1.29 is 15.0 Å². The number of benzene rings is 1. The van der Waals surface area contributed by atoms with Crippen LogP contribution in [0.2, 0.25) is 0 Å². The molecule has 0 fully saturated rings. The average molecular weight is 266 g/mol. The van der Waals surface area contributed by atoms with Crippen molar-refractivity contribution in [1.82, 2.24) is 10.6 Å². The number of carbonyl (C=O) groups excluding carboxylic acids is 1. The first-order chi connectivity index (χ1) is 9.04. The minimum absolute atomic E-state index is 0.0245. The summed E-state index contributed by atoms with van der Waals surface area (Å²) in [5, 5.41) is 24.9. The molecule has 0 heterocycles. The zero-order valence-electron chi connectivity index (χ0n) is 11.4. The fourth-order valence-electron chi connectivity index (χ4n) is 1.76. The number of hydrogen-bond donors (Lipinski definition) is 4. The first kappa shape index (κ1) is 15.3. The van der Waals surface area contributed by atoms with Gasteiger partial charge in [0.15, 0.2) is 0 Å². The van der Waals surface area contributed by atoms with Crippen LogP contribution >= 0.6 is 0 Å². The van der Waals surface area contributed by atoms with Crippen LogP contribution < -0.4 is 10.6 Å². The first-order valence-electron chi connectivity index (χ1n) is 6.56. The third-order valence-electron chi connectivity index (χ3n) is 2.86. The van der Waals surface area contributed by atoms with Gasteiger partial charge in [-0.2, -0.15) is 0 Å². The molecule has 1 unspecified atom stereocenters. The summed E-state index contributed by atoms with van der Waals surface area (Å²) in [5.74, 6) is 0.110. The SMILES string of the molecule is CCCNC(=O)CCNC(C)c1ccc(O)cc1O. The molecule has 0 aromatic heterocycles. The fourth-order valence-corrected chi connectivity index (χ4v) is 1.76. The Morgan fingerprint density at radius 3 is 2.68 bits per heavy atom. The maximum absolute atomic E-state index is 11.4. The van der Waals surface area contributed by atoms with Crippen molar-refractivity contribution in [3.05, 3.63) is 23.8 Å². The number of aromatic hydroxyl groups is 2. The molecule has 0 aliphatic heterocycles. The smallest absolute Gasteiger partial charge is 0.221 e. The van der Waals surface area contributed by atoms with E-state index in [1.165, 1.54) is 12.1 Å². The van der Waals surface area contributed by atoms with Crippen LogP contribution in [0.15, 0.2) is 18.2 Å². The molecule has 1 amide bonds. The van der Waals surface area contributed by atoms with Crippen LogP contribution in [0.5, 0.6) is 11.5 Å². The van der Waals surface area contributed by atoms with E-state index in [1.54, 1.807) is 6.07 Å². The van der Waals surface area contributed by atoms with Crippen LogP contribution in [0.3, 0.4) is 0 Å². The monoisotopic (exact) mass is 266 g/mol. The number of phenolic OH excluding ortho intramolecular Hbond substituents is 2. The highest BCUT2D eigenvalue weighted by Gasteiger charge is 2.10. The largest absolute Gasteiger partial charge is 0.508 e. The highest BCUT2D eigenvalue weighted by Crippen LogP contribution is 2.27. The van der Waals surface area contributed by atoms with E-state index in [2.05, 4.69) is 10.6 Å². The van der Waals surface area contributed by atoms with E-state index in [9.17, 15) is 15.0 Å². The molecule has 1 aromatic rings. The topological polar surface area (TPSA) is 81.6 Å². The van der Waals surface area contributed by atoms with Crippen molar-refractivity contribution in [2.75, 3.05) is 13.1 Å². The Morgan fingerprint density at radius 2 is 2.05 bits per heavy atom. The van der Waals surface area contributed by atoms with Crippen LogP contribution in [-0.2, 0) is 4.79 Å². The Bertz CT molecular complexity index is 421.